The first-order chi connectivity index (χ1) is 36.1. The predicted octanol–water partition coefficient (Wildman–Crippen LogP) is 9.97. The number of hydrogen-bond acceptors (Lipinski definition) is 16. The second-order valence-corrected chi connectivity index (χ2v) is 20.5. The minimum atomic E-state index is -5.46. The van der Waals surface area contributed by atoms with Gasteiger partial charge in [0, 0.05) is 19.0 Å². The number of nitrogens with two attached hydrogens (primary N) is 1. The highest BCUT2D eigenvalue weighted by Crippen LogP contribution is 2.60. The van der Waals surface area contributed by atoms with Crippen LogP contribution in [-0.4, -0.2) is 96.9 Å². The number of aliphatic hydroxyl groups is 3. The molecule has 7 N–H and O–H groups in total. The fraction of sp³-hybridized carbons (Fsp3) is 0.556. The standard InChI is InChI=1S/C54H83N3O16P2/c1-3-5-7-9-11-12-13-14-15-16-17-18-19-20-21-22-26-31-35-39-50(60)71-46(42-68-49(59)38-34-30-27-23-25-29-33-37-45(58)36-32-28-24-10-8-6-4-2)43-69-74(64,65)73-75(66,67)70-44-47-51(61)52(62)53(72-47)57-41-40-48(55)56-54(57)63/h5,7,11-12,14-15,17-18,20-21,23-24,27-29,32-33,36,40-41,45-47,51-53,58,61-62H,3-4,6,8-10,13,16,19,22,25-26,30-31,34-35,37-39,42-44H2,1-2H3,(H,64,65)(H,66,67)(H2,55,56,63)/b7-5-,12-11-,15-14-,18-17-,21-20-,27-23+,28-24-,33-29-,36-32-/t45-,46-,47-,51-,52-,53-/m1/s1. The molecule has 0 aliphatic carbocycles. The van der Waals surface area contributed by atoms with Crippen LogP contribution < -0.4 is 11.4 Å². The van der Waals surface area contributed by atoms with Gasteiger partial charge < -0.3 is 45.1 Å². The lowest BCUT2D eigenvalue weighted by Crippen LogP contribution is -2.36. The van der Waals surface area contributed by atoms with Gasteiger partial charge >= 0.3 is 33.3 Å². The molecule has 8 atom stereocenters. The summed E-state index contributed by atoms with van der Waals surface area (Å²) in [6.45, 7) is 1.83. The van der Waals surface area contributed by atoms with Crippen LogP contribution in [0.1, 0.15) is 142 Å². The molecule has 2 rings (SSSR count). The van der Waals surface area contributed by atoms with Gasteiger partial charge in [-0.25, -0.2) is 13.9 Å². The fourth-order valence-electron chi connectivity index (χ4n) is 6.88. The molecule has 1 aromatic heterocycles. The van der Waals surface area contributed by atoms with Crippen LogP contribution in [0.3, 0.4) is 0 Å². The number of anilines is 1. The minimum absolute atomic E-state index is 0.00257. The van der Waals surface area contributed by atoms with Gasteiger partial charge in [0.1, 0.15) is 30.7 Å². The van der Waals surface area contributed by atoms with E-state index in [0.717, 1.165) is 68.6 Å². The van der Waals surface area contributed by atoms with Gasteiger partial charge in [-0.05, 0) is 96.0 Å². The van der Waals surface area contributed by atoms with Gasteiger partial charge in [0.2, 0.25) is 0 Å². The molecule has 0 spiro atoms. The van der Waals surface area contributed by atoms with Crippen LogP contribution in [0.2, 0.25) is 0 Å². The Bertz CT molecular complexity index is 2200. The SMILES string of the molecule is CC/C=C\C/C=C\C/C=C\C/C=C\C/C=C\CCCCCC(=O)O[C@H](COC(=O)CCC/C=C/C/C=C\C[C@H](O)/C=C\C=C/CCCCC)COP(=O)(O)OP(=O)(O)OC[C@H]1O[C@@H](n2ccc(N)nc2=O)[C@H](O)[C@@H]1O. The fourth-order valence-corrected chi connectivity index (χ4v) is 8.99. The van der Waals surface area contributed by atoms with Crippen LogP contribution in [0.5, 0.6) is 0 Å². The molecule has 1 aromatic rings. The van der Waals surface area contributed by atoms with Crippen molar-refractivity contribution in [3.8, 4) is 0 Å². The number of ether oxygens (including phenoxy) is 3. The number of phosphoric ester groups is 2. The Balaban J connectivity index is 1.86. The second-order valence-electron chi connectivity index (χ2n) is 17.5. The van der Waals surface area contributed by atoms with E-state index in [1.165, 1.54) is 18.9 Å². The third-order valence-corrected chi connectivity index (χ3v) is 13.5. The summed E-state index contributed by atoms with van der Waals surface area (Å²) in [6, 6.07) is 1.24. The van der Waals surface area contributed by atoms with Crippen molar-refractivity contribution < 1.29 is 71.4 Å². The summed E-state index contributed by atoms with van der Waals surface area (Å²) >= 11 is 0. The van der Waals surface area contributed by atoms with Crippen LogP contribution in [0.15, 0.2) is 126 Å². The Morgan fingerprint density at radius 3 is 1.93 bits per heavy atom. The lowest BCUT2D eigenvalue weighted by atomic mass is 10.1. The summed E-state index contributed by atoms with van der Waals surface area (Å²) in [5.41, 5.74) is 4.57. The van der Waals surface area contributed by atoms with Gasteiger partial charge in [-0.3, -0.25) is 23.2 Å². The molecular formula is C54H83N3O16P2. The number of nitrogens with zero attached hydrogens (tertiary/aromatic N) is 2. The molecule has 0 amide bonds. The van der Waals surface area contributed by atoms with E-state index in [1.807, 2.05) is 36.5 Å². The van der Waals surface area contributed by atoms with Crippen LogP contribution in [-0.2, 0) is 46.3 Å². The van der Waals surface area contributed by atoms with Crippen LogP contribution >= 0.6 is 15.6 Å². The number of unbranched alkanes of at least 4 members (excludes halogenated alkanes) is 7. The maximum atomic E-state index is 12.9. The molecule has 0 saturated carbocycles. The average Bonchev–Trinajstić information content (AvgIpc) is 3.64. The predicted molar refractivity (Wildman–Crippen MR) is 290 cm³/mol. The third kappa shape index (κ3) is 33.2. The minimum Gasteiger partial charge on any atom is -0.462 e. The number of phosphoric acid groups is 2. The molecule has 0 bridgehead atoms. The number of nitrogen functional groups attached to an aromatic ring is 1. The Morgan fingerprint density at radius 2 is 1.29 bits per heavy atom. The molecule has 2 unspecified atom stereocenters. The van der Waals surface area contributed by atoms with E-state index in [1.54, 1.807) is 6.08 Å². The maximum absolute atomic E-state index is 12.9. The molecule has 2 heterocycles. The number of carbonyl (C=O) groups excluding carboxylic acids is 2. The summed E-state index contributed by atoms with van der Waals surface area (Å²) in [4.78, 5) is 62.0. The Hall–Kier alpha value is -4.62. The monoisotopic (exact) mass is 1090 g/mol. The summed E-state index contributed by atoms with van der Waals surface area (Å²) in [5, 5.41) is 31.0. The van der Waals surface area contributed by atoms with Gasteiger partial charge in [0.15, 0.2) is 12.3 Å². The number of aliphatic hydroxyl groups excluding tert-OH is 3. The van der Waals surface area contributed by atoms with Crippen LogP contribution in [0, 0.1) is 0 Å². The summed E-state index contributed by atoms with van der Waals surface area (Å²) < 4.78 is 56.7. The average molecular weight is 1090 g/mol. The largest absolute Gasteiger partial charge is 0.481 e. The first kappa shape index (κ1) is 66.5. The smallest absolute Gasteiger partial charge is 0.462 e. The Kier molecular flexibility index (Phi) is 36.0. The molecule has 1 fully saturated rings. The van der Waals surface area contributed by atoms with Crippen LogP contribution in [0.4, 0.5) is 5.82 Å². The molecule has 0 radical (unpaired) electrons. The van der Waals surface area contributed by atoms with Gasteiger partial charge in [-0.2, -0.15) is 9.29 Å². The summed E-state index contributed by atoms with van der Waals surface area (Å²) in [6.07, 6.45) is 43.3. The zero-order valence-corrected chi connectivity index (χ0v) is 45.4. The number of allylic oxidation sites excluding steroid dienone is 16. The Morgan fingerprint density at radius 1 is 0.720 bits per heavy atom. The number of esters is 2. The van der Waals surface area contributed by atoms with Crippen molar-refractivity contribution in [1.82, 2.24) is 9.55 Å². The van der Waals surface area contributed by atoms with Gasteiger partial charge in [-0.15, -0.1) is 0 Å². The van der Waals surface area contributed by atoms with Crippen molar-refractivity contribution in [2.45, 2.75) is 173 Å². The lowest BCUT2D eigenvalue weighted by Gasteiger charge is -2.21. The maximum Gasteiger partial charge on any atom is 0.481 e. The highest BCUT2D eigenvalue weighted by molar-refractivity contribution is 7.61. The first-order valence-corrected chi connectivity index (χ1v) is 29.0. The molecule has 420 valence electrons. The van der Waals surface area contributed by atoms with E-state index in [2.05, 4.69) is 90.0 Å². The van der Waals surface area contributed by atoms with Gasteiger partial charge in [0.05, 0.1) is 19.3 Å². The van der Waals surface area contributed by atoms with E-state index < -0.39 is 89.8 Å². The topological polar surface area (TPSA) is 286 Å². The number of aromatic nitrogens is 2. The molecule has 19 nitrogen and oxygen atoms in total. The van der Waals surface area contributed by atoms with Crippen molar-refractivity contribution in [1.29, 1.82) is 0 Å². The van der Waals surface area contributed by atoms with E-state index in [4.69, 9.17) is 29.0 Å². The summed E-state index contributed by atoms with van der Waals surface area (Å²) in [7, 11) is -10.9. The van der Waals surface area contributed by atoms with Crippen molar-refractivity contribution in [3.05, 3.63) is 132 Å². The van der Waals surface area contributed by atoms with Crippen molar-refractivity contribution in [2.75, 3.05) is 25.6 Å². The number of rotatable bonds is 41. The van der Waals surface area contributed by atoms with Crippen LogP contribution in [0.25, 0.3) is 0 Å². The van der Waals surface area contributed by atoms with E-state index in [-0.39, 0.29) is 18.7 Å². The zero-order chi connectivity index (χ0) is 55.0. The van der Waals surface area contributed by atoms with Gasteiger partial charge in [-0.1, -0.05) is 142 Å². The second kappa shape index (κ2) is 40.6. The lowest BCUT2D eigenvalue weighted by molar-refractivity contribution is -0.161. The quantitative estimate of drug-likeness (QED) is 0.0117. The first-order valence-electron chi connectivity index (χ1n) is 26.0. The van der Waals surface area contributed by atoms with Gasteiger partial charge in [0.25, 0.3) is 0 Å². The molecule has 0 aromatic carbocycles. The zero-order valence-electron chi connectivity index (χ0n) is 43.7. The molecule has 75 heavy (non-hydrogen) atoms. The van der Waals surface area contributed by atoms with E-state index in [0.29, 0.717) is 38.5 Å². The summed E-state index contributed by atoms with van der Waals surface area (Å²) in [5.74, 6) is -1.46. The molecule has 1 aliphatic heterocycles. The molecule has 1 aliphatic rings. The van der Waals surface area contributed by atoms with Crippen molar-refractivity contribution in [2.24, 2.45) is 0 Å². The highest BCUT2D eigenvalue weighted by Gasteiger charge is 2.46. The number of hydrogen-bond donors (Lipinski definition) is 6. The normalized spacial score (nSPS) is 20.1. The highest BCUT2D eigenvalue weighted by atomic mass is 31.3. The Labute approximate surface area is 443 Å². The molecular weight excluding hydrogens is 1010 g/mol. The third-order valence-electron chi connectivity index (χ3n) is 10.9. The number of carbonyl (C=O) groups is 2. The molecule has 1 saturated heterocycles. The van der Waals surface area contributed by atoms with E-state index in [9.17, 15) is 48.6 Å². The molecule has 21 heteroatoms. The van der Waals surface area contributed by atoms with Crippen molar-refractivity contribution in [3.63, 3.8) is 0 Å². The van der Waals surface area contributed by atoms with Crippen molar-refractivity contribution >= 4 is 33.4 Å². The van der Waals surface area contributed by atoms with E-state index >= 15 is 0 Å².